The van der Waals surface area contributed by atoms with Crippen molar-refractivity contribution in [3.8, 4) is 23.5 Å². The lowest BCUT2D eigenvalue weighted by molar-refractivity contribution is 1.02. The number of nitriles is 2. The lowest BCUT2D eigenvalue weighted by Crippen LogP contribution is -2.20. The van der Waals surface area contributed by atoms with Gasteiger partial charge >= 0.3 is 0 Å². The van der Waals surface area contributed by atoms with Gasteiger partial charge in [0.1, 0.15) is 0 Å². The van der Waals surface area contributed by atoms with E-state index in [1.165, 1.54) is 15.9 Å². The maximum Gasteiger partial charge on any atom is 0.0992 e. The van der Waals surface area contributed by atoms with Gasteiger partial charge in [-0.05, 0) is 103 Å². The standard InChI is InChI=1S/C43H29N6P/c1-30-11-16-37(17-15-33-14-12-31(26-44)23-42(33)48(30)34-7-5-21-46-28-34)50(36-9-3-2-4-10-36)38-18-20-41-40(25-38)39-19-13-32(27-45)24-43(39)49(41)35-8-6-22-47-29-35/h2-25,28-29H,1H3. The Labute approximate surface area is 290 Å². The van der Waals surface area contributed by atoms with Gasteiger partial charge in [-0.3, -0.25) is 9.97 Å². The van der Waals surface area contributed by atoms with Crippen LogP contribution in [0.1, 0.15) is 16.8 Å². The van der Waals surface area contributed by atoms with Gasteiger partial charge in [0.25, 0.3) is 0 Å². The molecule has 7 heteroatoms. The molecule has 1 atom stereocenters. The van der Waals surface area contributed by atoms with Gasteiger partial charge in [-0.1, -0.05) is 66.7 Å². The molecule has 4 aromatic heterocycles. The number of aromatic nitrogens is 4. The topological polar surface area (TPSA) is 83.2 Å². The first kappa shape index (κ1) is 30.7. The van der Waals surface area contributed by atoms with E-state index in [1.54, 1.807) is 12.4 Å². The molecule has 0 fully saturated rings. The molecule has 4 heterocycles. The Morgan fingerprint density at radius 2 is 1.14 bits per heavy atom. The van der Waals surface area contributed by atoms with Gasteiger partial charge in [-0.15, -0.1) is 0 Å². The van der Waals surface area contributed by atoms with E-state index in [9.17, 15) is 10.5 Å². The summed E-state index contributed by atoms with van der Waals surface area (Å²) in [5.74, 6) is 0. The highest BCUT2D eigenvalue weighted by Gasteiger charge is 2.20. The van der Waals surface area contributed by atoms with Crippen molar-refractivity contribution >= 4 is 56.5 Å². The first-order valence-corrected chi connectivity index (χ1v) is 17.5. The van der Waals surface area contributed by atoms with Crippen molar-refractivity contribution in [2.75, 3.05) is 0 Å². The third-order valence-electron chi connectivity index (χ3n) is 8.90. The Balaban J connectivity index is 1.40. The van der Waals surface area contributed by atoms with E-state index in [0.717, 1.165) is 49.8 Å². The number of hydrogen-bond acceptors (Lipinski definition) is 4. The van der Waals surface area contributed by atoms with Crippen molar-refractivity contribution in [3.05, 3.63) is 175 Å². The van der Waals surface area contributed by atoms with Crippen molar-refractivity contribution in [1.29, 1.82) is 10.5 Å². The van der Waals surface area contributed by atoms with Gasteiger partial charge in [0.05, 0.1) is 63.6 Å². The summed E-state index contributed by atoms with van der Waals surface area (Å²) in [6.45, 7) is 2.09. The molecule has 4 aromatic carbocycles. The maximum atomic E-state index is 9.80. The Morgan fingerprint density at radius 3 is 1.84 bits per heavy atom. The van der Waals surface area contributed by atoms with Crippen molar-refractivity contribution in [3.63, 3.8) is 0 Å². The molecule has 1 unspecified atom stereocenters. The Kier molecular flexibility index (Phi) is 8.07. The second-order valence-electron chi connectivity index (χ2n) is 11.9. The molecule has 0 aliphatic heterocycles. The highest BCUT2D eigenvalue weighted by Crippen LogP contribution is 2.37. The van der Waals surface area contributed by atoms with Crippen LogP contribution in [0.2, 0.25) is 0 Å². The van der Waals surface area contributed by atoms with Gasteiger partial charge < -0.3 is 9.13 Å². The van der Waals surface area contributed by atoms with Gasteiger partial charge in [0.2, 0.25) is 0 Å². The molecule has 0 N–H and O–H groups in total. The van der Waals surface area contributed by atoms with Crippen LogP contribution in [0.4, 0.5) is 0 Å². The van der Waals surface area contributed by atoms with Gasteiger partial charge in [0.15, 0.2) is 0 Å². The zero-order valence-corrected chi connectivity index (χ0v) is 28.0. The maximum absolute atomic E-state index is 9.80. The van der Waals surface area contributed by atoms with E-state index < -0.39 is 7.92 Å². The fourth-order valence-corrected chi connectivity index (χ4v) is 8.93. The molecule has 8 aromatic rings. The van der Waals surface area contributed by atoms with Crippen LogP contribution in [0.25, 0.3) is 44.1 Å². The van der Waals surface area contributed by atoms with Crippen molar-refractivity contribution in [2.45, 2.75) is 6.92 Å². The van der Waals surface area contributed by atoms with Crippen LogP contribution < -0.4 is 15.9 Å². The molecule has 8 rings (SSSR count). The summed E-state index contributed by atoms with van der Waals surface area (Å²) < 4.78 is 4.35. The molecule has 50 heavy (non-hydrogen) atoms. The minimum atomic E-state index is -1.01. The molecule has 236 valence electrons. The third-order valence-corrected chi connectivity index (χ3v) is 11.3. The normalized spacial score (nSPS) is 11.6. The predicted molar refractivity (Wildman–Crippen MR) is 204 cm³/mol. The molecule has 0 aliphatic carbocycles. The number of rotatable bonds is 5. The SMILES string of the molecule is Cc1ccc(P(c2ccccc2)c2ccc3c(c2)c2ccc(C#N)cc2n3-c2cccnc2)ccc2ccc(C#N)cc2n1-c1cccnc1. The van der Waals surface area contributed by atoms with Gasteiger partial charge in [-0.2, -0.15) is 10.5 Å². The van der Waals surface area contributed by atoms with Crippen LogP contribution >= 0.6 is 7.92 Å². The summed E-state index contributed by atoms with van der Waals surface area (Å²) >= 11 is 0. The minimum absolute atomic E-state index is 0.596. The first-order valence-electron chi connectivity index (χ1n) is 16.2. The summed E-state index contributed by atoms with van der Waals surface area (Å²) in [6.07, 6.45) is 7.25. The van der Waals surface area contributed by atoms with E-state index in [1.807, 2.05) is 67.0 Å². The molecule has 0 radical (unpaired) electrons. The molecule has 0 saturated heterocycles. The highest BCUT2D eigenvalue weighted by molar-refractivity contribution is 7.79. The largest absolute Gasteiger partial charge is 0.312 e. The number of pyridine rings is 2. The number of hydrogen-bond donors (Lipinski definition) is 0. The van der Waals surface area contributed by atoms with Crippen LogP contribution in [0.5, 0.6) is 0 Å². The third kappa shape index (κ3) is 5.55. The summed E-state index contributed by atoms with van der Waals surface area (Å²) in [7, 11) is -1.01. The van der Waals surface area contributed by atoms with Crippen LogP contribution in [0.3, 0.4) is 0 Å². The summed E-state index contributed by atoms with van der Waals surface area (Å²) in [4.78, 5) is 8.80. The van der Waals surface area contributed by atoms with E-state index in [2.05, 4.69) is 117 Å². The quantitative estimate of drug-likeness (QED) is 0.174. The van der Waals surface area contributed by atoms with Crippen LogP contribution in [-0.4, -0.2) is 19.1 Å². The van der Waals surface area contributed by atoms with E-state index >= 15 is 0 Å². The zero-order chi connectivity index (χ0) is 34.0. The number of nitrogens with zero attached hydrogens (tertiary/aromatic N) is 6. The highest BCUT2D eigenvalue weighted by atomic mass is 31.1. The van der Waals surface area contributed by atoms with E-state index in [0.29, 0.717) is 11.1 Å². The lowest BCUT2D eigenvalue weighted by Gasteiger charge is -2.19. The van der Waals surface area contributed by atoms with Gasteiger partial charge in [-0.25, -0.2) is 0 Å². The number of fused-ring (bicyclic) bond motifs is 4. The second kappa shape index (κ2) is 13.1. The molecule has 6 nitrogen and oxygen atoms in total. The summed E-state index contributed by atoms with van der Waals surface area (Å²) in [5.41, 5.74) is 7.02. The van der Waals surface area contributed by atoms with Crippen LogP contribution in [-0.2, 0) is 0 Å². The zero-order valence-electron chi connectivity index (χ0n) is 27.1. The molecule has 0 bridgehead atoms. The molecule has 0 aliphatic rings. The fourth-order valence-electron chi connectivity index (χ4n) is 6.63. The van der Waals surface area contributed by atoms with Crippen molar-refractivity contribution in [2.24, 2.45) is 0 Å². The van der Waals surface area contributed by atoms with Crippen molar-refractivity contribution in [1.82, 2.24) is 19.1 Å². The molecule has 0 amide bonds. The average Bonchev–Trinajstić information content (AvgIpc) is 3.52. The summed E-state index contributed by atoms with van der Waals surface area (Å²) in [6, 6.07) is 50.5. The predicted octanol–water partition coefficient (Wildman–Crippen LogP) is 8.45. The van der Waals surface area contributed by atoms with Crippen LogP contribution in [0.15, 0.2) is 158 Å². The van der Waals surface area contributed by atoms with E-state index in [4.69, 9.17) is 0 Å². The lowest BCUT2D eigenvalue weighted by atomic mass is 10.1. The average molecular weight is 661 g/mol. The van der Waals surface area contributed by atoms with Gasteiger partial charge in [0, 0.05) is 28.9 Å². The smallest absolute Gasteiger partial charge is 0.0992 e. The molecular weight excluding hydrogens is 631 g/mol. The second-order valence-corrected chi connectivity index (χ2v) is 14.1. The van der Waals surface area contributed by atoms with E-state index in [-0.39, 0.29) is 0 Å². The Bertz CT molecular complexity index is 2680. The Hall–Kier alpha value is -6.59. The summed E-state index contributed by atoms with van der Waals surface area (Å²) in [5, 5.41) is 26.4. The first-order chi connectivity index (χ1) is 24.6. The van der Waals surface area contributed by atoms with Crippen molar-refractivity contribution < 1.29 is 0 Å². The molecular formula is C43H29N6P. The number of aryl methyl sites for hydroxylation is 1. The Morgan fingerprint density at radius 1 is 0.520 bits per heavy atom. The molecule has 0 saturated carbocycles. The fraction of sp³-hybridized carbons (Fsp3) is 0.0233. The monoisotopic (exact) mass is 660 g/mol. The number of benzene rings is 4. The molecule has 0 spiro atoms. The van der Waals surface area contributed by atoms with Crippen LogP contribution in [0, 0.1) is 29.6 Å². The minimum Gasteiger partial charge on any atom is -0.312 e.